The van der Waals surface area contributed by atoms with E-state index in [-0.39, 0.29) is 68.0 Å². The number of unbranched alkanes of at least 4 members (excludes halogenated alkanes) is 6. The van der Waals surface area contributed by atoms with E-state index >= 15 is 0 Å². The minimum atomic E-state index is -0.796. The molecule has 9 heteroatoms. The molecule has 0 aliphatic heterocycles. The van der Waals surface area contributed by atoms with Crippen LogP contribution in [0.5, 0.6) is 0 Å². The molecule has 0 heterocycles. The van der Waals surface area contributed by atoms with Crippen LogP contribution < -0.4 is 29.6 Å². The van der Waals surface area contributed by atoms with E-state index in [0.29, 0.717) is 32.1 Å². The zero-order valence-electron chi connectivity index (χ0n) is 25.2. The summed E-state index contributed by atoms with van der Waals surface area (Å²) >= 11 is 0. The molecule has 2 unspecified atom stereocenters. The monoisotopic (exact) mass is 540 g/mol. The first-order chi connectivity index (χ1) is 17.2. The van der Waals surface area contributed by atoms with E-state index in [4.69, 9.17) is 19.7 Å². The molecule has 0 aliphatic rings. The van der Waals surface area contributed by atoms with E-state index in [1.807, 2.05) is 0 Å². The van der Waals surface area contributed by atoms with Gasteiger partial charge in [0.15, 0.2) is 0 Å². The number of esters is 2. The van der Waals surface area contributed by atoms with Crippen LogP contribution >= 0.6 is 0 Å². The van der Waals surface area contributed by atoms with Crippen LogP contribution in [0.2, 0.25) is 0 Å². The molecule has 0 spiro atoms. The second kappa shape index (κ2) is 29.4. The normalized spacial score (nSPS) is 11.8. The number of rotatable bonds is 22. The van der Waals surface area contributed by atoms with Crippen molar-refractivity contribution in [3.63, 3.8) is 0 Å². The van der Waals surface area contributed by atoms with Crippen LogP contribution in [0.3, 0.4) is 0 Å². The minimum absolute atomic E-state index is 0. The maximum absolute atomic E-state index is 11.7. The molecule has 0 aromatic heterocycles. The minimum Gasteiger partial charge on any atom is -1.00 e. The third kappa shape index (κ3) is 32.9. The number of carbonyl (C=O) groups is 4. The molecule has 0 amide bonds. The van der Waals surface area contributed by atoms with Crippen molar-refractivity contribution >= 4 is 23.9 Å². The van der Waals surface area contributed by atoms with Gasteiger partial charge in [0.2, 0.25) is 0 Å². The molecule has 0 saturated heterocycles. The number of carboxylic acids is 2. The van der Waals surface area contributed by atoms with E-state index < -0.39 is 11.9 Å². The number of hydrogen-bond donors (Lipinski definition) is 2. The van der Waals surface area contributed by atoms with Gasteiger partial charge in [0.05, 0.1) is 0 Å². The Balaban J connectivity index is -0.000000295. The average molecular weight is 541 g/mol. The third-order valence-corrected chi connectivity index (χ3v) is 5.71. The molecule has 0 aliphatic carbocycles. The second-order valence-electron chi connectivity index (χ2n) is 9.36. The molecule has 0 saturated carbocycles. The van der Waals surface area contributed by atoms with E-state index in [0.717, 1.165) is 70.6 Å². The Morgan fingerprint density at radius 3 is 1.35 bits per heavy atom. The SMILES string of the molecule is CCCCCC(=O)OC(CCCCC)CCCC(=O)O.CCCCCC(CCCC(=O)O)OC(C)=O.[H-].[Na+]. The first-order valence-electron chi connectivity index (χ1n) is 14.0. The summed E-state index contributed by atoms with van der Waals surface area (Å²) in [5.74, 6) is -1.99. The Morgan fingerprint density at radius 2 is 0.973 bits per heavy atom. The Kier molecular flexibility index (Phi) is 32.1. The Bertz CT molecular complexity index is 589. The molecular weight excluding hydrogens is 487 g/mol. The summed E-state index contributed by atoms with van der Waals surface area (Å²) in [5.41, 5.74) is 0. The van der Waals surface area contributed by atoms with Crippen LogP contribution in [0, 0.1) is 0 Å². The van der Waals surface area contributed by atoms with Crippen molar-refractivity contribution < 1.29 is 69.8 Å². The van der Waals surface area contributed by atoms with Crippen molar-refractivity contribution in [2.24, 2.45) is 0 Å². The van der Waals surface area contributed by atoms with Crippen molar-refractivity contribution in [2.45, 2.75) is 155 Å². The van der Waals surface area contributed by atoms with Crippen molar-refractivity contribution in [3.05, 3.63) is 0 Å². The second-order valence-corrected chi connectivity index (χ2v) is 9.36. The predicted molar refractivity (Wildman–Crippen MR) is 142 cm³/mol. The first kappa shape index (κ1) is 40.4. The fraction of sp³-hybridized carbons (Fsp3) is 0.857. The zero-order chi connectivity index (χ0) is 27.6. The summed E-state index contributed by atoms with van der Waals surface area (Å²) in [4.78, 5) is 43.5. The van der Waals surface area contributed by atoms with E-state index in [1.54, 1.807) is 0 Å². The van der Waals surface area contributed by atoms with Crippen molar-refractivity contribution in [1.29, 1.82) is 0 Å². The summed E-state index contributed by atoms with van der Waals surface area (Å²) < 4.78 is 10.6. The number of ether oxygens (including phenoxy) is 2. The van der Waals surface area contributed by atoms with Gasteiger partial charge in [0.25, 0.3) is 0 Å². The van der Waals surface area contributed by atoms with Crippen molar-refractivity contribution in [2.75, 3.05) is 0 Å². The molecule has 0 aromatic rings. The number of carboxylic acid groups (broad SMARTS) is 2. The maximum Gasteiger partial charge on any atom is 1.00 e. The van der Waals surface area contributed by atoms with Gasteiger partial charge in [-0.15, -0.1) is 0 Å². The summed E-state index contributed by atoms with van der Waals surface area (Å²) in [7, 11) is 0. The molecule has 2 N–H and O–H groups in total. The number of aliphatic carboxylic acids is 2. The van der Waals surface area contributed by atoms with Gasteiger partial charge in [-0.1, -0.05) is 59.3 Å². The van der Waals surface area contributed by atoms with Gasteiger partial charge >= 0.3 is 53.4 Å². The maximum atomic E-state index is 11.7. The van der Waals surface area contributed by atoms with Crippen molar-refractivity contribution in [3.8, 4) is 0 Å². The van der Waals surface area contributed by atoms with Gasteiger partial charge < -0.3 is 21.1 Å². The molecule has 2 atom stereocenters. The molecule has 0 radical (unpaired) electrons. The molecular formula is C28H53NaO8. The van der Waals surface area contributed by atoms with Gasteiger partial charge in [0, 0.05) is 26.2 Å². The smallest absolute Gasteiger partial charge is 1.00 e. The molecule has 0 fully saturated rings. The zero-order valence-corrected chi connectivity index (χ0v) is 26.2. The molecule has 0 rings (SSSR count). The predicted octanol–water partition coefficient (Wildman–Crippen LogP) is 4.18. The van der Waals surface area contributed by atoms with Crippen LogP contribution in [0.25, 0.3) is 0 Å². The van der Waals surface area contributed by atoms with Crippen LogP contribution in [-0.2, 0) is 28.7 Å². The Morgan fingerprint density at radius 1 is 0.595 bits per heavy atom. The van der Waals surface area contributed by atoms with Crippen LogP contribution in [0.4, 0.5) is 0 Å². The third-order valence-electron chi connectivity index (χ3n) is 5.71. The summed E-state index contributed by atoms with van der Waals surface area (Å²) in [6, 6.07) is 0. The van der Waals surface area contributed by atoms with Crippen molar-refractivity contribution in [1.82, 2.24) is 0 Å². The average Bonchev–Trinajstić information content (AvgIpc) is 2.79. The summed E-state index contributed by atoms with van der Waals surface area (Å²) in [5, 5.41) is 17.2. The topological polar surface area (TPSA) is 127 Å². The Hall–Kier alpha value is -1.12. The summed E-state index contributed by atoms with van der Waals surface area (Å²) in [6.07, 6.45) is 14.3. The fourth-order valence-corrected chi connectivity index (χ4v) is 3.73. The standard InChI is InChI=1S/C16H30O4.C12H22O4.Na.H/c1-3-5-7-10-14(11-9-12-15(17)18)20-16(19)13-8-6-4-2;1-3-4-5-7-11(16-10(2)13)8-6-9-12(14)15;;/h14H,3-13H2,1-2H3,(H,17,18);11H,3-9H2,1-2H3,(H,14,15);;/q;;+1;-1. The summed E-state index contributed by atoms with van der Waals surface area (Å²) in [6.45, 7) is 7.75. The number of carbonyl (C=O) groups excluding carboxylic acids is 2. The van der Waals surface area contributed by atoms with Gasteiger partial charge in [-0.05, 0) is 57.8 Å². The van der Waals surface area contributed by atoms with Gasteiger partial charge in [-0.3, -0.25) is 19.2 Å². The van der Waals surface area contributed by atoms with Gasteiger partial charge in [-0.25, -0.2) is 0 Å². The van der Waals surface area contributed by atoms with Crippen LogP contribution in [-0.4, -0.2) is 46.3 Å². The van der Waals surface area contributed by atoms with Crippen LogP contribution in [0.1, 0.15) is 145 Å². The fourth-order valence-electron chi connectivity index (χ4n) is 3.73. The van der Waals surface area contributed by atoms with E-state index in [1.165, 1.54) is 6.92 Å². The Labute approximate surface area is 248 Å². The quantitative estimate of drug-likeness (QED) is 0.119. The van der Waals surface area contributed by atoms with Gasteiger partial charge in [0.1, 0.15) is 12.2 Å². The first-order valence-corrected chi connectivity index (χ1v) is 14.0. The molecule has 0 bridgehead atoms. The molecule has 0 aromatic carbocycles. The molecule has 37 heavy (non-hydrogen) atoms. The largest absolute Gasteiger partial charge is 1.00 e. The molecule has 214 valence electrons. The van der Waals surface area contributed by atoms with E-state index in [9.17, 15) is 19.2 Å². The van der Waals surface area contributed by atoms with Crippen LogP contribution in [0.15, 0.2) is 0 Å². The van der Waals surface area contributed by atoms with E-state index in [2.05, 4.69) is 20.8 Å². The number of hydrogen-bond acceptors (Lipinski definition) is 6. The molecule has 8 nitrogen and oxygen atoms in total. The van der Waals surface area contributed by atoms with Gasteiger partial charge in [-0.2, -0.15) is 0 Å².